The molecule has 0 rings (SSSR count). The van der Waals surface area contributed by atoms with Crippen molar-refractivity contribution in [2.24, 2.45) is 0 Å². The van der Waals surface area contributed by atoms with Gasteiger partial charge in [-0.3, -0.25) is 0 Å². The van der Waals surface area contributed by atoms with Crippen LogP contribution in [0.5, 0.6) is 0 Å². The SMILES string of the molecule is CCCCCCCCCCCCCCCCPCC(O)C(O)O. The first-order valence-corrected chi connectivity index (χ1v) is 11.3. The maximum absolute atomic E-state index is 9.25. The number of rotatable bonds is 18. The summed E-state index contributed by atoms with van der Waals surface area (Å²) >= 11 is 0. The van der Waals surface area contributed by atoms with Crippen LogP contribution < -0.4 is 0 Å². The Bertz CT molecular complexity index is 225. The monoisotopic (exact) mass is 348 g/mol. The summed E-state index contributed by atoms with van der Waals surface area (Å²) in [5.74, 6) is 0. The van der Waals surface area contributed by atoms with Crippen LogP contribution in [0.3, 0.4) is 0 Å². The first-order valence-electron chi connectivity index (χ1n) is 9.93. The van der Waals surface area contributed by atoms with Crippen molar-refractivity contribution in [2.75, 3.05) is 12.3 Å². The molecule has 2 atom stereocenters. The van der Waals surface area contributed by atoms with Gasteiger partial charge in [-0.1, -0.05) is 90.4 Å². The molecule has 0 aromatic carbocycles. The Morgan fingerprint density at radius 2 is 1.00 bits per heavy atom. The second-order valence-electron chi connectivity index (χ2n) is 6.78. The van der Waals surface area contributed by atoms with Crippen molar-refractivity contribution < 1.29 is 15.3 Å². The van der Waals surface area contributed by atoms with E-state index < -0.39 is 12.4 Å². The fourth-order valence-electron chi connectivity index (χ4n) is 2.80. The largest absolute Gasteiger partial charge is 0.387 e. The average molecular weight is 349 g/mol. The first kappa shape index (κ1) is 23.3. The summed E-state index contributed by atoms with van der Waals surface area (Å²) in [5.41, 5.74) is 0. The zero-order valence-electron chi connectivity index (χ0n) is 15.3. The second-order valence-corrected chi connectivity index (χ2v) is 8.19. The van der Waals surface area contributed by atoms with Crippen LogP contribution in [-0.4, -0.2) is 40.0 Å². The number of hydrogen-bond acceptors (Lipinski definition) is 3. The Morgan fingerprint density at radius 1 is 0.609 bits per heavy atom. The van der Waals surface area contributed by atoms with Crippen LogP contribution in [-0.2, 0) is 0 Å². The van der Waals surface area contributed by atoms with Crippen molar-refractivity contribution in [1.82, 2.24) is 0 Å². The molecule has 0 saturated heterocycles. The van der Waals surface area contributed by atoms with Gasteiger partial charge in [-0.15, -0.1) is 8.58 Å². The van der Waals surface area contributed by atoms with Crippen molar-refractivity contribution in [2.45, 2.75) is 109 Å². The highest BCUT2D eigenvalue weighted by atomic mass is 31.1. The van der Waals surface area contributed by atoms with E-state index in [1.165, 1.54) is 89.9 Å². The third kappa shape index (κ3) is 18.5. The summed E-state index contributed by atoms with van der Waals surface area (Å²) < 4.78 is 0. The van der Waals surface area contributed by atoms with Gasteiger partial charge in [-0.05, 0) is 18.7 Å². The minimum absolute atomic E-state index is 0.524. The topological polar surface area (TPSA) is 60.7 Å². The van der Waals surface area contributed by atoms with Crippen LogP contribution >= 0.6 is 8.58 Å². The summed E-state index contributed by atoms with van der Waals surface area (Å²) in [6.07, 6.45) is 18.4. The predicted octanol–water partition coefficient (Wildman–Crippen LogP) is 4.82. The number of hydrogen-bond donors (Lipinski definition) is 3. The highest BCUT2D eigenvalue weighted by Gasteiger charge is 2.11. The summed E-state index contributed by atoms with van der Waals surface area (Å²) in [7, 11) is 0.647. The van der Waals surface area contributed by atoms with Crippen LogP contribution in [0, 0.1) is 0 Å². The molecule has 2 unspecified atom stereocenters. The van der Waals surface area contributed by atoms with Crippen LogP contribution in [0.15, 0.2) is 0 Å². The highest BCUT2D eigenvalue weighted by Crippen LogP contribution is 2.17. The lowest BCUT2D eigenvalue weighted by Crippen LogP contribution is -2.27. The summed E-state index contributed by atoms with van der Waals surface area (Å²) in [4.78, 5) is 0. The van der Waals surface area contributed by atoms with Crippen molar-refractivity contribution in [1.29, 1.82) is 0 Å². The van der Waals surface area contributed by atoms with E-state index in [-0.39, 0.29) is 0 Å². The molecule has 0 aliphatic rings. The molecule has 0 bridgehead atoms. The minimum atomic E-state index is -1.57. The molecule has 4 heteroatoms. The smallest absolute Gasteiger partial charge is 0.178 e. The molecule has 0 amide bonds. The standard InChI is InChI=1S/C19H41O3P/c1-2-3-4-5-6-7-8-9-10-11-12-13-14-15-16-23-17-18(20)19(21)22/h18-23H,2-17H2,1H3. The van der Waals surface area contributed by atoms with E-state index in [1.807, 2.05) is 0 Å². The Labute approximate surface area is 146 Å². The molecular weight excluding hydrogens is 307 g/mol. The number of aliphatic hydroxyl groups is 3. The Balaban J connectivity index is 3.03. The van der Waals surface area contributed by atoms with Gasteiger partial charge in [0.05, 0.1) is 0 Å². The first-order chi connectivity index (χ1) is 11.2. The normalized spacial score (nSPS) is 13.4. The zero-order chi connectivity index (χ0) is 17.2. The van der Waals surface area contributed by atoms with Gasteiger partial charge in [-0.2, -0.15) is 0 Å². The van der Waals surface area contributed by atoms with Crippen LogP contribution in [0.2, 0.25) is 0 Å². The summed E-state index contributed by atoms with van der Waals surface area (Å²) in [6.45, 7) is 2.27. The maximum Gasteiger partial charge on any atom is 0.178 e. The fourth-order valence-corrected chi connectivity index (χ4v) is 4.01. The highest BCUT2D eigenvalue weighted by molar-refractivity contribution is 7.38. The molecule has 0 saturated carbocycles. The molecule has 0 aliphatic heterocycles. The Kier molecular flexibility index (Phi) is 18.9. The molecule has 0 heterocycles. The van der Waals surface area contributed by atoms with Crippen LogP contribution in [0.1, 0.15) is 96.8 Å². The van der Waals surface area contributed by atoms with Crippen molar-refractivity contribution in [3.05, 3.63) is 0 Å². The van der Waals surface area contributed by atoms with Gasteiger partial charge >= 0.3 is 0 Å². The Hall–Kier alpha value is 0.310. The van der Waals surface area contributed by atoms with Crippen molar-refractivity contribution in [3.8, 4) is 0 Å². The van der Waals surface area contributed by atoms with Gasteiger partial charge < -0.3 is 15.3 Å². The summed E-state index contributed by atoms with van der Waals surface area (Å²) in [5, 5.41) is 26.8. The van der Waals surface area contributed by atoms with E-state index in [4.69, 9.17) is 10.2 Å². The molecule has 0 aromatic heterocycles. The molecule has 23 heavy (non-hydrogen) atoms. The van der Waals surface area contributed by atoms with E-state index in [0.717, 1.165) is 6.16 Å². The molecule has 0 aromatic rings. The van der Waals surface area contributed by atoms with Gasteiger partial charge in [0.15, 0.2) is 6.29 Å². The van der Waals surface area contributed by atoms with Crippen molar-refractivity contribution >= 4 is 8.58 Å². The lowest BCUT2D eigenvalue weighted by atomic mass is 10.0. The molecule has 140 valence electrons. The van der Waals surface area contributed by atoms with E-state index in [1.54, 1.807) is 0 Å². The second kappa shape index (κ2) is 18.6. The molecular formula is C19H41O3P. The van der Waals surface area contributed by atoms with Gasteiger partial charge in [0.1, 0.15) is 6.10 Å². The van der Waals surface area contributed by atoms with Gasteiger partial charge in [0.2, 0.25) is 0 Å². The minimum Gasteiger partial charge on any atom is -0.387 e. The van der Waals surface area contributed by atoms with Crippen LogP contribution in [0.4, 0.5) is 0 Å². The Morgan fingerprint density at radius 3 is 1.39 bits per heavy atom. The van der Waals surface area contributed by atoms with E-state index in [9.17, 15) is 5.11 Å². The van der Waals surface area contributed by atoms with Gasteiger partial charge in [0, 0.05) is 0 Å². The average Bonchev–Trinajstić information content (AvgIpc) is 2.54. The summed E-state index contributed by atoms with van der Waals surface area (Å²) in [6, 6.07) is 0. The zero-order valence-corrected chi connectivity index (χ0v) is 16.3. The van der Waals surface area contributed by atoms with Gasteiger partial charge in [0.25, 0.3) is 0 Å². The molecule has 0 fully saturated rings. The van der Waals surface area contributed by atoms with Crippen LogP contribution in [0.25, 0.3) is 0 Å². The van der Waals surface area contributed by atoms with Gasteiger partial charge in [-0.25, -0.2) is 0 Å². The molecule has 3 N–H and O–H groups in total. The quantitative estimate of drug-likeness (QED) is 0.189. The number of aliphatic hydroxyl groups excluding tert-OH is 2. The van der Waals surface area contributed by atoms with E-state index >= 15 is 0 Å². The molecule has 0 spiro atoms. The maximum atomic E-state index is 9.25. The molecule has 0 radical (unpaired) electrons. The van der Waals surface area contributed by atoms with E-state index in [2.05, 4.69) is 6.92 Å². The lowest BCUT2D eigenvalue weighted by Gasteiger charge is -2.11. The number of unbranched alkanes of at least 4 members (excludes halogenated alkanes) is 13. The van der Waals surface area contributed by atoms with Crippen molar-refractivity contribution in [3.63, 3.8) is 0 Å². The third-order valence-corrected chi connectivity index (χ3v) is 5.82. The fraction of sp³-hybridized carbons (Fsp3) is 1.00. The molecule has 0 aliphatic carbocycles. The molecule has 3 nitrogen and oxygen atoms in total. The van der Waals surface area contributed by atoms with E-state index in [0.29, 0.717) is 14.7 Å². The lowest BCUT2D eigenvalue weighted by molar-refractivity contribution is -0.112. The third-order valence-electron chi connectivity index (χ3n) is 4.40. The predicted molar refractivity (Wildman–Crippen MR) is 103 cm³/mol.